The normalized spacial score (nSPS) is 22.5. The highest BCUT2D eigenvalue weighted by molar-refractivity contribution is 7.89. The van der Waals surface area contributed by atoms with Crippen molar-refractivity contribution in [2.45, 2.75) is 31.7 Å². The first kappa shape index (κ1) is 16.7. The maximum Gasteiger partial charge on any atom is 0.330 e. The molecule has 22 heavy (non-hydrogen) atoms. The standard InChI is InChI=1S/C16H21NO4S/c1-4-21-16(18)10-7-13(3)15-11-17(15)22(19,20)14-8-5-12(2)6-9-14/h5-10,13,15H,4,11H2,1-3H3/b10-7+/t13-,15+,17?/m0/s1. The Morgan fingerprint density at radius 3 is 2.64 bits per heavy atom. The van der Waals surface area contributed by atoms with E-state index in [-0.39, 0.29) is 12.0 Å². The van der Waals surface area contributed by atoms with Gasteiger partial charge in [0.05, 0.1) is 11.5 Å². The zero-order valence-corrected chi connectivity index (χ0v) is 13.8. The molecule has 0 bridgehead atoms. The Hall–Kier alpha value is -1.66. The molecule has 1 heterocycles. The molecule has 3 atom stereocenters. The molecular weight excluding hydrogens is 302 g/mol. The SMILES string of the molecule is CCOC(=O)/C=C/[C@H](C)[C@H]1CN1S(=O)(=O)c1ccc(C)cc1. The number of benzene rings is 1. The van der Waals surface area contributed by atoms with E-state index >= 15 is 0 Å². The summed E-state index contributed by atoms with van der Waals surface area (Å²) in [4.78, 5) is 11.6. The third-order valence-corrected chi connectivity index (χ3v) is 5.57. The van der Waals surface area contributed by atoms with Gasteiger partial charge in [0.25, 0.3) is 0 Å². The molecule has 2 rings (SSSR count). The molecule has 0 amide bonds. The lowest BCUT2D eigenvalue weighted by Crippen LogP contribution is -2.17. The molecule has 1 aliphatic heterocycles. The molecule has 1 aromatic rings. The van der Waals surface area contributed by atoms with Crippen LogP contribution < -0.4 is 0 Å². The smallest absolute Gasteiger partial charge is 0.330 e. The topological polar surface area (TPSA) is 63.5 Å². The number of aryl methyl sites for hydroxylation is 1. The minimum Gasteiger partial charge on any atom is -0.463 e. The first-order chi connectivity index (χ1) is 10.4. The zero-order valence-electron chi connectivity index (χ0n) is 13.0. The van der Waals surface area contributed by atoms with Crippen molar-refractivity contribution in [3.63, 3.8) is 0 Å². The Balaban J connectivity index is 2.02. The van der Waals surface area contributed by atoms with E-state index in [0.29, 0.717) is 18.0 Å². The second-order valence-electron chi connectivity index (χ2n) is 5.43. The van der Waals surface area contributed by atoms with E-state index in [4.69, 9.17) is 4.74 Å². The lowest BCUT2D eigenvalue weighted by atomic mass is 10.1. The van der Waals surface area contributed by atoms with E-state index in [9.17, 15) is 13.2 Å². The van der Waals surface area contributed by atoms with Gasteiger partial charge in [0.15, 0.2) is 0 Å². The van der Waals surface area contributed by atoms with Crippen molar-refractivity contribution in [3.8, 4) is 0 Å². The first-order valence-electron chi connectivity index (χ1n) is 7.29. The highest BCUT2D eigenvalue weighted by Gasteiger charge is 2.46. The van der Waals surface area contributed by atoms with Crippen LogP contribution in [0.1, 0.15) is 19.4 Å². The molecule has 5 nitrogen and oxygen atoms in total. The average Bonchev–Trinajstić information content (AvgIpc) is 3.27. The molecule has 6 heteroatoms. The fourth-order valence-electron chi connectivity index (χ4n) is 2.24. The van der Waals surface area contributed by atoms with Crippen LogP contribution in [0.3, 0.4) is 0 Å². The van der Waals surface area contributed by atoms with Crippen LogP contribution in [0.5, 0.6) is 0 Å². The molecule has 1 saturated heterocycles. The Morgan fingerprint density at radius 1 is 1.41 bits per heavy atom. The van der Waals surface area contributed by atoms with Gasteiger partial charge in [0.2, 0.25) is 10.0 Å². The van der Waals surface area contributed by atoms with Crippen molar-refractivity contribution in [1.82, 2.24) is 4.31 Å². The van der Waals surface area contributed by atoms with Crippen LogP contribution in [0.4, 0.5) is 0 Å². The molecule has 0 spiro atoms. The van der Waals surface area contributed by atoms with Gasteiger partial charge in [-0.05, 0) is 31.9 Å². The summed E-state index contributed by atoms with van der Waals surface area (Å²) in [5.74, 6) is -0.437. The van der Waals surface area contributed by atoms with E-state index in [0.717, 1.165) is 5.56 Å². The van der Waals surface area contributed by atoms with Gasteiger partial charge in [-0.1, -0.05) is 30.7 Å². The van der Waals surface area contributed by atoms with Crippen LogP contribution in [-0.4, -0.2) is 37.9 Å². The van der Waals surface area contributed by atoms with Gasteiger partial charge in [-0.2, -0.15) is 4.31 Å². The number of ether oxygens (including phenoxy) is 1. The predicted molar refractivity (Wildman–Crippen MR) is 83.8 cm³/mol. The summed E-state index contributed by atoms with van der Waals surface area (Å²) in [6.45, 7) is 6.36. The number of rotatable bonds is 6. The van der Waals surface area contributed by atoms with E-state index in [1.165, 1.54) is 10.4 Å². The van der Waals surface area contributed by atoms with Crippen LogP contribution >= 0.6 is 0 Å². The molecule has 1 unspecified atom stereocenters. The molecule has 0 saturated carbocycles. The zero-order chi connectivity index (χ0) is 16.3. The Bertz CT molecular complexity index is 664. The Kier molecular flexibility index (Phi) is 5.03. The molecule has 0 aromatic heterocycles. The van der Waals surface area contributed by atoms with Gasteiger partial charge >= 0.3 is 5.97 Å². The number of hydrogen-bond donors (Lipinski definition) is 0. The summed E-state index contributed by atoms with van der Waals surface area (Å²) >= 11 is 0. The number of nitrogens with zero attached hydrogens (tertiary/aromatic N) is 1. The van der Waals surface area contributed by atoms with E-state index in [1.807, 2.05) is 13.8 Å². The number of carbonyl (C=O) groups excluding carboxylic acids is 1. The van der Waals surface area contributed by atoms with Gasteiger partial charge < -0.3 is 4.74 Å². The Labute approximate surface area is 131 Å². The van der Waals surface area contributed by atoms with Crippen molar-refractivity contribution in [3.05, 3.63) is 42.0 Å². The van der Waals surface area contributed by atoms with Crippen molar-refractivity contribution in [2.75, 3.05) is 13.2 Å². The summed E-state index contributed by atoms with van der Waals surface area (Å²) in [7, 11) is -3.44. The lowest BCUT2D eigenvalue weighted by molar-refractivity contribution is -0.137. The monoisotopic (exact) mass is 323 g/mol. The minimum absolute atomic E-state index is 0.0374. The minimum atomic E-state index is -3.44. The highest BCUT2D eigenvalue weighted by Crippen LogP contribution is 2.33. The van der Waals surface area contributed by atoms with Crippen LogP contribution in [-0.2, 0) is 19.6 Å². The molecule has 0 aliphatic carbocycles. The number of sulfonamides is 1. The number of hydrogen-bond acceptors (Lipinski definition) is 4. The molecule has 0 N–H and O–H groups in total. The van der Waals surface area contributed by atoms with Crippen LogP contribution in [0.15, 0.2) is 41.3 Å². The second kappa shape index (κ2) is 6.62. The molecule has 1 fully saturated rings. The van der Waals surface area contributed by atoms with Crippen LogP contribution in [0.25, 0.3) is 0 Å². The average molecular weight is 323 g/mol. The third-order valence-electron chi connectivity index (χ3n) is 3.66. The maximum atomic E-state index is 12.5. The summed E-state index contributed by atoms with van der Waals surface area (Å²) in [5, 5.41) is 0. The fourth-order valence-corrected chi connectivity index (χ4v) is 3.89. The maximum absolute atomic E-state index is 12.5. The highest BCUT2D eigenvalue weighted by atomic mass is 32.2. The second-order valence-corrected chi connectivity index (χ2v) is 7.32. The summed E-state index contributed by atoms with van der Waals surface area (Å²) in [6.07, 6.45) is 3.07. The molecule has 1 aromatic carbocycles. The van der Waals surface area contributed by atoms with Gasteiger partial charge in [-0.15, -0.1) is 0 Å². The van der Waals surface area contributed by atoms with Crippen molar-refractivity contribution >= 4 is 16.0 Å². The summed E-state index contributed by atoms with van der Waals surface area (Å²) in [5.41, 5.74) is 1.02. The van der Waals surface area contributed by atoms with Crippen molar-refractivity contribution < 1.29 is 17.9 Å². The first-order valence-corrected chi connectivity index (χ1v) is 8.73. The largest absolute Gasteiger partial charge is 0.463 e. The van der Waals surface area contributed by atoms with E-state index in [1.54, 1.807) is 37.3 Å². The quantitative estimate of drug-likeness (QED) is 0.457. The predicted octanol–water partition coefficient (Wildman–Crippen LogP) is 2.12. The number of carbonyl (C=O) groups is 1. The van der Waals surface area contributed by atoms with Crippen LogP contribution in [0, 0.1) is 12.8 Å². The fraction of sp³-hybridized carbons (Fsp3) is 0.438. The molecule has 0 radical (unpaired) electrons. The van der Waals surface area contributed by atoms with Gasteiger partial charge in [0.1, 0.15) is 0 Å². The van der Waals surface area contributed by atoms with Crippen LogP contribution in [0.2, 0.25) is 0 Å². The summed E-state index contributed by atoms with van der Waals surface area (Å²) in [6, 6.07) is 6.72. The Morgan fingerprint density at radius 2 is 2.05 bits per heavy atom. The van der Waals surface area contributed by atoms with Gasteiger partial charge in [-0.25, -0.2) is 13.2 Å². The third kappa shape index (κ3) is 3.75. The van der Waals surface area contributed by atoms with Gasteiger partial charge in [0, 0.05) is 18.7 Å². The van der Waals surface area contributed by atoms with Crippen molar-refractivity contribution in [1.29, 1.82) is 0 Å². The van der Waals surface area contributed by atoms with Crippen molar-refractivity contribution in [2.24, 2.45) is 5.92 Å². The molecular formula is C16H21NO4S. The number of esters is 1. The van der Waals surface area contributed by atoms with E-state index < -0.39 is 16.0 Å². The lowest BCUT2D eigenvalue weighted by Gasteiger charge is -2.09. The van der Waals surface area contributed by atoms with Gasteiger partial charge in [-0.3, -0.25) is 0 Å². The molecule has 120 valence electrons. The van der Waals surface area contributed by atoms with E-state index in [2.05, 4.69) is 0 Å². The molecule has 1 aliphatic rings. The summed E-state index contributed by atoms with van der Waals surface area (Å²) < 4.78 is 31.2.